The van der Waals surface area contributed by atoms with Crippen molar-refractivity contribution in [2.45, 2.75) is 82.3 Å². The van der Waals surface area contributed by atoms with Gasteiger partial charge in [0.15, 0.2) is 8.32 Å². The number of aliphatic hydroxyl groups excluding tert-OH is 1. The van der Waals surface area contributed by atoms with Gasteiger partial charge in [0.2, 0.25) is 5.91 Å². The van der Waals surface area contributed by atoms with Gasteiger partial charge in [-0.1, -0.05) is 84.9 Å². The van der Waals surface area contributed by atoms with Crippen LogP contribution >= 0.6 is 0 Å². The first-order valence-electron chi connectivity index (χ1n) is 16.7. The molecule has 0 radical (unpaired) electrons. The third-order valence-electron chi connectivity index (χ3n) is 9.70. The maximum absolute atomic E-state index is 12.7. The fourth-order valence-corrected chi connectivity index (χ4v) is 9.94. The second-order valence-electron chi connectivity index (χ2n) is 13.4. The monoisotopic (exact) mass is 651 g/mol. The van der Waals surface area contributed by atoms with E-state index in [1.165, 1.54) is 10.6 Å². The fourth-order valence-electron chi connectivity index (χ4n) is 7.28. The number of rotatable bonds is 12. The van der Waals surface area contributed by atoms with Gasteiger partial charge in [-0.05, 0) is 67.1 Å². The molecule has 1 fully saturated rings. The van der Waals surface area contributed by atoms with Crippen LogP contribution in [0.3, 0.4) is 0 Å². The number of carbonyl (C=O) groups is 1. The highest BCUT2D eigenvalue weighted by molar-refractivity contribution is 6.71. The van der Waals surface area contributed by atoms with Crippen molar-refractivity contribution in [1.29, 1.82) is 0 Å². The molecule has 9 nitrogen and oxygen atoms in total. The SMILES string of the molecule is C[C@@H]1[C@@H]([Si](C)(C)O)[C@H](CCn2cc(C(CO)c3ccccc3)nn2)O[C@@H]1CCc1ccc(N2N=C(c3ccccc3)CCC2=O)cc1. The molecular weight excluding hydrogens is 607 g/mol. The van der Waals surface area contributed by atoms with Crippen molar-refractivity contribution in [3.63, 3.8) is 0 Å². The molecule has 0 bridgehead atoms. The Labute approximate surface area is 278 Å². The van der Waals surface area contributed by atoms with E-state index >= 15 is 0 Å². The van der Waals surface area contributed by atoms with Gasteiger partial charge in [0.1, 0.15) is 0 Å². The Morgan fingerprint density at radius 1 is 0.936 bits per heavy atom. The summed E-state index contributed by atoms with van der Waals surface area (Å²) in [4.78, 5) is 24.1. The number of aliphatic hydroxyl groups is 1. The Balaban J connectivity index is 1.08. The topological polar surface area (TPSA) is 113 Å². The number of ether oxygens (including phenoxy) is 1. The van der Waals surface area contributed by atoms with Crippen LogP contribution in [0, 0.1) is 5.92 Å². The van der Waals surface area contributed by atoms with Gasteiger partial charge in [0, 0.05) is 31.1 Å². The van der Waals surface area contributed by atoms with Crippen molar-refractivity contribution < 1.29 is 19.4 Å². The van der Waals surface area contributed by atoms with Crippen LogP contribution in [0.15, 0.2) is 96.2 Å². The standard InChI is InChI=1S/C37H45N5O4Si/c1-26-34(20-16-27-14-17-30(18-15-27)42-36(44)21-19-32(39-42)29-12-8-5-9-13-29)46-35(37(26)47(2,3)45)22-23-41-24-33(38-40-41)31(25-43)28-10-6-4-7-11-28/h4-15,17-18,24,26,31,34-35,37,43,45H,16,19-23,25H2,1-3H3/t26-,31?,34+,35-,37+/m0/s1. The van der Waals surface area contributed by atoms with E-state index in [9.17, 15) is 14.7 Å². The number of amides is 1. The lowest BCUT2D eigenvalue weighted by Crippen LogP contribution is -2.40. The van der Waals surface area contributed by atoms with Crippen molar-refractivity contribution >= 4 is 25.6 Å². The Bertz CT molecular complexity index is 1660. The lowest BCUT2D eigenvalue weighted by Gasteiger charge is -2.30. The average molecular weight is 652 g/mol. The highest BCUT2D eigenvalue weighted by Gasteiger charge is 2.49. The van der Waals surface area contributed by atoms with Crippen LogP contribution in [0.4, 0.5) is 5.69 Å². The minimum Gasteiger partial charge on any atom is -0.432 e. The normalized spacial score (nSPS) is 22.4. The molecule has 6 rings (SSSR count). The predicted molar refractivity (Wildman–Crippen MR) is 186 cm³/mol. The molecule has 1 aromatic heterocycles. The van der Waals surface area contributed by atoms with Gasteiger partial charge < -0.3 is 14.6 Å². The first-order chi connectivity index (χ1) is 22.7. The lowest BCUT2D eigenvalue weighted by molar-refractivity contribution is -0.118. The number of aromatic nitrogens is 3. The van der Waals surface area contributed by atoms with Crippen molar-refractivity contribution in [3.8, 4) is 0 Å². The summed E-state index contributed by atoms with van der Waals surface area (Å²) in [5.41, 5.74) is 5.77. The molecule has 0 spiro atoms. The van der Waals surface area contributed by atoms with E-state index in [4.69, 9.17) is 9.84 Å². The number of anilines is 1. The molecule has 2 N–H and O–H groups in total. The maximum Gasteiger partial charge on any atom is 0.247 e. The number of hydrogen-bond acceptors (Lipinski definition) is 7. The second-order valence-corrected chi connectivity index (χ2v) is 17.4. The second kappa shape index (κ2) is 14.4. The molecule has 3 aromatic carbocycles. The summed E-state index contributed by atoms with van der Waals surface area (Å²) < 4.78 is 8.52. The molecule has 1 unspecified atom stereocenters. The molecule has 1 saturated heterocycles. The molecule has 2 aliphatic rings. The number of hydrazone groups is 1. The number of carbonyl (C=O) groups excluding carboxylic acids is 1. The first-order valence-corrected chi connectivity index (χ1v) is 19.7. The third-order valence-corrected chi connectivity index (χ3v) is 12.2. The van der Waals surface area contributed by atoms with Gasteiger partial charge in [0.25, 0.3) is 0 Å². The molecule has 10 heteroatoms. The van der Waals surface area contributed by atoms with E-state index in [0.717, 1.165) is 47.5 Å². The van der Waals surface area contributed by atoms with Gasteiger partial charge in [-0.25, -0.2) is 5.01 Å². The summed E-state index contributed by atoms with van der Waals surface area (Å²) in [7, 11) is -2.52. The van der Waals surface area contributed by atoms with E-state index in [0.29, 0.717) is 19.4 Å². The fraction of sp³-hybridized carbons (Fsp3) is 0.405. The zero-order valence-corrected chi connectivity index (χ0v) is 28.4. The Hall–Kier alpha value is -3.96. The summed E-state index contributed by atoms with van der Waals surface area (Å²) in [5, 5.41) is 25.0. The third kappa shape index (κ3) is 7.62. The van der Waals surface area contributed by atoms with Gasteiger partial charge in [0.05, 0.1) is 41.8 Å². The summed E-state index contributed by atoms with van der Waals surface area (Å²) in [5.74, 6) is 0.0123. The number of benzene rings is 3. The van der Waals surface area contributed by atoms with Gasteiger partial charge in [-0.15, -0.1) is 5.10 Å². The van der Waals surface area contributed by atoms with Crippen LogP contribution in [-0.2, 0) is 22.5 Å². The highest BCUT2D eigenvalue weighted by atomic mass is 28.4. The summed E-state index contributed by atoms with van der Waals surface area (Å²) in [6, 6.07) is 28.0. The number of aryl methyl sites for hydroxylation is 2. The smallest absolute Gasteiger partial charge is 0.247 e. The van der Waals surface area contributed by atoms with E-state index in [1.807, 2.05) is 96.8 Å². The van der Waals surface area contributed by atoms with Crippen LogP contribution in [0.2, 0.25) is 18.6 Å². The first kappa shape index (κ1) is 33.0. The van der Waals surface area contributed by atoms with Crippen LogP contribution in [0.25, 0.3) is 0 Å². The molecular formula is C37H45N5O4Si. The lowest BCUT2D eigenvalue weighted by atomic mass is 9.95. The van der Waals surface area contributed by atoms with Crippen molar-refractivity contribution in [3.05, 3.63) is 114 Å². The molecule has 3 heterocycles. The zero-order chi connectivity index (χ0) is 33.0. The van der Waals surface area contributed by atoms with Crippen molar-refractivity contribution in [2.75, 3.05) is 11.6 Å². The van der Waals surface area contributed by atoms with Crippen LogP contribution in [0.1, 0.15) is 60.9 Å². The quantitative estimate of drug-likeness (QED) is 0.184. The Morgan fingerprint density at radius 2 is 1.64 bits per heavy atom. The molecule has 4 aromatic rings. The molecule has 5 atom stereocenters. The summed E-state index contributed by atoms with van der Waals surface area (Å²) in [6.45, 7) is 6.82. The van der Waals surface area contributed by atoms with Gasteiger partial charge in [-0.3, -0.25) is 9.48 Å². The molecule has 47 heavy (non-hydrogen) atoms. The predicted octanol–water partition coefficient (Wildman–Crippen LogP) is 5.93. The minimum atomic E-state index is -2.52. The Kier molecular flexibility index (Phi) is 10.1. The van der Waals surface area contributed by atoms with E-state index in [-0.39, 0.29) is 42.1 Å². The summed E-state index contributed by atoms with van der Waals surface area (Å²) >= 11 is 0. The average Bonchev–Trinajstić information content (AvgIpc) is 3.68. The molecule has 246 valence electrons. The zero-order valence-electron chi connectivity index (χ0n) is 27.4. The number of nitrogens with zero attached hydrogens (tertiary/aromatic N) is 5. The summed E-state index contributed by atoms with van der Waals surface area (Å²) in [6.07, 6.45) is 5.37. The molecule has 0 saturated carbocycles. The van der Waals surface area contributed by atoms with Crippen molar-refractivity contribution in [1.82, 2.24) is 15.0 Å². The van der Waals surface area contributed by atoms with E-state index < -0.39 is 8.32 Å². The maximum atomic E-state index is 12.7. The van der Waals surface area contributed by atoms with Gasteiger partial charge in [-0.2, -0.15) is 5.10 Å². The Morgan fingerprint density at radius 3 is 2.32 bits per heavy atom. The molecule has 2 aliphatic heterocycles. The van der Waals surface area contributed by atoms with Crippen LogP contribution in [-0.4, -0.2) is 63.6 Å². The van der Waals surface area contributed by atoms with Crippen LogP contribution < -0.4 is 5.01 Å². The van der Waals surface area contributed by atoms with Gasteiger partial charge >= 0.3 is 0 Å². The van der Waals surface area contributed by atoms with E-state index in [2.05, 4.69) is 29.4 Å². The van der Waals surface area contributed by atoms with E-state index in [1.54, 1.807) is 0 Å². The van der Waals surface area contributed by atoms with Crippen LogP contribution in [0.5, 0.6) is 0 Å². The number of hydrogen-bond donors (Lipinski definition) is 2. The molecule has 1 amide bonds. The van der Waals surface area contributed by atoms with Crippen molar-refractivity contribution in [2.24, 2.45) is 11.0 Å². The minimum absolute atomic E-state index is 0.00463. The largest absolute Gasteiger partial charge is 0.432 e. The molecule has 0 aliphatic carbocycles. The highest BCUT2D eigenvalue weighted by Crippen LogP contribution is 2.45.